The van der Waals surface area contributed by atoms with E-state index in [0.717, 1.165) is 0 Å². The van der Waals surface area contributed by atoms with Crippen LogP contribution in [0.2, 0.25) is 38.3 Å². The first kappa shape index (κ1) is 68.8. The van der Waals surface area contributed by atoms with E-state index >= 15 is 0 Å². The molecule has 0 aliphatic heterocycles. The second-order valence-corrected chi connectivity index (χ2v) is 25.0. The van der Waals surface area contributed by atoms with Gasteiger partial charge in [-0.1, -0.05) is 26.2 Å². The molecule has 43 heteroatoms. The van der Waals surface area contributed by atoms with Crippen LogP contribution in [0.15, 0.2) is 0 Å². The van der Waals surface area contributed by atoms with E-state index in [2.05, 4.69) is 23.6 Å². The van der Waals surface area contributed by atoms with Crippen molar-refractivity contribution in [1.82, 2.24) is 4.65 Å². The molecular weight excluding hydrogens is 1150 g/mol. The first-order chi connectivity index (χ1) is 30.4. The summed E-state index contributed by atoms with van der Waals surface area (Å²) < 4.78 is 472. The molecular formula is C28H29F34NO6Si2. The van der Waals surface area contributed by atoms with Crippen molar-refractivity contribution in [2.24, 2.45) is 0 Å². The summed E-state index contributed by atoms with van der Waals surface area (Å²) in [6.07, 6.45) is -79.1. The normalized spacial score (nSPS) is 19.0. The van der Waals surface area contributed by atoms with Crippen LogP contribution in [0.3, 0.4) is 0 Å². The first-order valence-electron chi connectivity index (χ1n) is 17.6. The summed E-state index contributed by atoms with van der Waals surface area (Å²) in [5.41, 5.74) is 0. The molecule has 1 N–H and O–H groups in total. The van der Waals surface area contributed by atoms with Gasteiger partial charge < -0.3 is 14.1 Å². The van der Waals surface area contributed by atoms with Gasteiger partial charge in [-0.3, -0.25) is 18.9 Å². The molecule has 0 aromatic carbocycles. The van der Waals surface area contributed by atoms with E-state index in [9.17, 15) is 149 Å². The second-order valence-electron chi connectivity index (χ2n) is 15.5. The Hall–Kier alpha value is -2.23. The Morgan fingerprint density at radius 2 is 0.549 bits per heavy atom. The Kier molecular flexibility index (Phi) is 20.1. The van der Waals surface area contributed by atoms with Crippen LogP contribution in [0.25, 0.3) is 0 Å². The third-order valence-corrected chi connectivity index (χ3v) is 16.9. The van der Waals surface area contributed by atoms with Gasteiger partial charge in [0, 0.05) is 13.2 Å². The molecule has 0 aliphatic rings. The fraction of sp³-hybridized carbons (Fsp3) is 1.00. The van der Waals surface area contributed by atoms with Crippen molar-refractivity contribution >= 4 is 16.5 Å². The van der Waals surface area contributed by atoms with Crippen molar-refractivity contribution in [2.75, 3.05) is 26.4 Å². The van der Waals surface area contributed by atoms with Crippen molar-refractivity contribution in [3.63, 3.8) is 0 Å². The van der Waals surface area contributed by atoms with Crippen LogP contribution in [-0.4, -0.2) is 140 Å². The van der Waals surface area contributed by atoms with E-state index < -0.39 is 152 Å². The quantitative estimate of drug-likeness (QED) is 0.0526. The van der Waals surface area contributed by atoms with Crippen LogP contribution in [0.5, 0.6) is 0 Å². The molecule has 0 amide bonds. The highest BCUT2D eigenvalue weighted by atomic mass is 28.4. The van der Waals surface area contributed by atoms with Gasteiger partial charge in [-0.15, -0.1) is 0 Å². The van der Waals surface area contributed by atoms with Gasteiger partial charge in [0.15, 0.2) is 0 Å². The molecule has 4 atom stereocenters. The summed E-state index contributed by atoms with van der Waals surface area (Å²) >= 11 is 0. The minimum absolute atomic E-state index is 0.348. The lowest BCUT2D eigenvalue weighted by Gasteiger charge is -2.40. The third kappa shape index (κ3) is 15.4. The molecule has 0 saturated heterocycles. The fourth-order valence-electron chi connectivity index (χ4n) is 4.93. The van der Waals surface area contributed by atoms with Crippen molar-refractivity contribution in [2.45, 2.75) is 148 Å². The second kappa shape index (κ2) is 20.7. The predicted molar refractivity (Wildman–Crippen MR) is 164 cm³/mol. The molecule has 7 nitrogen and oxygen atoms in total. The molecule has 0 heterocycles. The van der Waals surface area contributed by atoms with E-state index in [0.29, 0.717) is 0 Å². The SMILES string of the molecule is C[Si](C)(CCCOCC(F)(OC(F)(F)C(F)(OC(F)(F)C(F)(F)C(F)(F)F)C(F)(F)F)C(F)(F)F)N[Si](C)(C)CCCOCC(F)(OC(F)(F)C(F)(OC(F)(F)C(F)(F)C(F)(F)F)C(F)(F)F)C(F)(F)F. The molecule has 0 spiro atoms. The van der Waals surface area contributed by atoms with E-state index in [1.165, 1.54) is 35.7 Å². The number of halogens is 34. The summed E-state index contributed by atoms with van der Waals surface area (Å²) in [4.78, 5) is 0. The number of hydrogen-bond acceptors (Lipinski definition) is 7. The van der Waals surface area contributed by atoms with Gasteiger partial charge in [-0.05, 0) is 24.9 Å². The van der Waals surface area contributed by atoms with Crippen LogP contribution in [-0.2, 0) is 28.4 Å². The Balaban J connectivity index is 5.93. The fourth-order valence-corrected chi connectivity index (χ4v) is 15.3. The van der Waals surface area contributed by atoms with Gasteiger partial charge in [0.05, 0.1) is 0 Å². The number of alkyl halides is 34. The van der Waals surface area contributed by atoms with Crippen LogP contribution in [0.1, 0.15) is 12.8 Å². The van der Waals surface area contributed by atoms with Gasteiger partial charge >= 0.3 is 96.8 Å². The minimum atomic E-state index is -8.14. The molecule has 71 heavy (non-hydrogen) atoms. The van der Waals surface area contributed by atoms with Crippen LogP contribution in [0, 0.1) is 0 Å². The van der Waals surface area contributed by atoms with Crippen LogP contribution < -0.4 is 4.65 Å². The summed E-state index contributed by atoms with van der Waals surface area (Å²) in [5, 5.41) is 0. The van der Waals surface area contributed by atoms with Crippen molar-refractivity contribution in [3.8, 4) is 0 Å². The maximum Gasteiger partial charge on any atom is 0.462 e. The number of ether oxygens (including phenoxy) is 6. The lowest BCUT2D eigenvalue weighted by molar-refractivity contribution is -0.553. The smallest absolute Gasteiger partial charge is 0.375 e. The lowest BCUT2D eigenvalue weighted by Crippen LogP contribution is -2.67. The molecule has 0 saturated carbocycles. The Morgan fingerprint density at radius 3 is 0.746 bits per heavy atom. The molecule has 428 valence electrons. The zero-order valence-electron chi connectivity index (χ0n) is 34.5. The number of rotatable bonds is 26. The lowest BCUT2D eigenvalue weighted by atomic mass is 10.2. The van der Waals surface area contributed by atoms with E-state index in [1.807, 2.05) is 0 Å². The largest absolute Gasteiger partial charge is 0.462 e. The van der Waals surface area contributed by atoms with Gasteiger partial charge in [-0.2, -0.15) is 149 Å². The van der Waals surface area contributed by atoms with Gasteiger partial charge in [0.2, 0.25) is 0 Å². The molecule has 0 aliphatic carbocycles. The van der Waals surface area contributed by atoms with Crippen molar-refractivity contribution in [3.05, 3.63) is 0 Å². The molecule has 0 bridgehead atoms. The minimum Gasteiger partial charge on any atom is -0.375 e. The molecule has 0 aromatic heterocycles. The average molecular weight is 1180 g/mol. The van der Waals surface area contributed by atoms with Gasteiger partial charge in [0.25, 0.3) is 0 Å². The van der Waals surface area contributed by atoms with Gasteiger partial charge in [-0.25, -0.2) is 0 Å². The summed E-state index contributed by atoms with van der Waals surface area (Å²) in [5.74, 6) is -45.2. The highest BCUT2D eigenvalue weighted by Crippen LogP contribution is 2.59. The zero-order chi connectivity index (χ0) is 57.6. The third-order valence-electron chi connectivity index (χ3n) is 8.32. The Morgan fingerprint density at radius 1 is 0.310 bits per heavy atom. The maximum atomic E-state index is 14.7. The first-order valence-corrected chi connectivity index (χ1v) is 24.0. The zero-order valence-corrected chi connectivity index (χ0v) is 36.5. The summed E-state index contributed by atoms with van der Waals surface area (Å²) in [6, 6.07) is -0.696. The monoisotopic (exact) mass is 1180 g/mol. The highest BCUT2D eigenvalue weighted by molar-refractivity contribution is 6.91. The predicted octanol–water partition coefficient (Wildman–Crippen LogP) is 13.5. The standard InChI is InChI=1S/C28H29F34NO6Si2/c1-70(2,9-5-7-64-11-13(29,19(37,38)39)66-27(59,60)17(35,23(49,50)51)68-25(55,56)15(31,32)21(43,44)45)63-71(3,4)10-6-8-65-12-14(30,20(40,41)42)67-28(61,62)18(36,24(52,53)54)69-26(57,58)16(33,34)22(46,47)48/h63H,5-12H2,1-4H3. The molecule has 4 unspecified atom stereocenters. The van der Waals surface area contributed by atoms with Crippen molar-refractivity contribution < 1.29 is 178 Å². The van der Waals surface area contributed by atoms with Crippen LogP contribution >= 0.6 is 0 Å². The van der Waals surface area contributed by atoms with Gasteiger partial charge in [0.1, 0.15) is 29.7 Å². The van der Waals surface area contributed by atoms with Crippen LogP contribution in [0.4, 0.5) is 149 Å². The Bertz CT molecular complexity index is 1610. The molecule has 0 radical (unpaired) electrons. The Labute approximate surface area is 373 Å². The maximum absolute atomic E-state index is 14.7. The summed E-state index contributed by atoms with van der Waals surface area (Å²) in [6.45, 7) is -3.62. The average Bonchev–Trinajstić information content (AvgIpc) is 3.06. The van der Waals surface area contributed by atoms with E-state index in [4.69, 9.17) is 0 Å². The number of nitrogens with one attached hydrogen (secondary N) is 1. The highest BCUT2D eigenvalue weighted by Gasteiger charge is 2.87. The van der Waals surface area contributed by atoms with E-state index in [-0.39, 0.29) is 12.1 Å². The van der Waals surface area contributed by atoms with Crippen molar-refractivity contribution in [1.29, 1.82) is 0 Å². The topological polar surface area (TPSA) is 67.4 Å². The molecule has 0 rings (SSSR count). The molecule has 0 fully saturated rings. The van der Waals surface area contributed by atoms with E-state index in [1.54, 1.807) is 0 Å². The summed E-state index contributed by atoms with van der Waals surface area (Å²) in [7, 11) is -6.25. The number of hydrogen-bond donors (Lipinski definition) is 1. The molecule has 0 aromatic rings.